The summed E-state index contributed by atoms with van der Waals surface area (Å²) in [6.45, 7) is 0. The average Bonchev–Trinajstić information content (AvgIpc) is 3.25. The van der Waals surface area contributed by atoms with E-state index in [9.17, 15) is 13.6 Å². The van der Waals surface area contributed by atoms with E-state index >= 15 is 0 Å². The van der Waals surface area contributed by atoms with E-state index < -0.39 is 11.6 Å². The molecule has 1 aromatic heterocycles. The predicted molar refractivity (Wildman–Crippen MR) is 79.9 cm³/mol. The van der Waals surface area contributed by atoms with Gasteiger partial charge in [-0.15, -0.1) is 0 Å². The molecule has 4 nitrogen and oxygen atoms in total. The molecule has 6 heteroatoms. The van der Waals surface area contributed by atoms with Gasteiger partial charge in [-0.25, -0.2) is 8.78 Å². The minimum atomic E-state index is -0.593. The van der Waals surface area contributed by atoms with Crippen LogP contribution in [-0.4, -0.2) is 24.0 Å². The second kappa shape index (κ2) is 5.45. The number of rotatable bonds is 3. The molecule has 2 fully saturated rings. The Morgan fingerprint density at radius 1 is 1.22 bits per heavy atom. The van der Waals surface area contributed by atoms with Crippen LogP contribution in [0.1, 0.15) is 29.8 Å². The van der Waals surface area contributed by atoms with Gasteiger partial charge in [0.15, 0.2) is 5.76 Å². The highest BCUT2D eigenvalue weighted by Crippen LogP contribution is 2.29. The lowest BCUT2D eigenvalue weighted by molar-refractivity contribution is 0.0903. The molecule has 2 aliphatic heterocycles. The van der Waals surface area contributed by atoms with Crippen LogP contribution in [0.25, 0.3) is 11.3 Å². The van der Waals surface area contributed by atoms with Crippen molar-refractivity contribution < 1.29 is 18.0 Å². The molecule has 0 spiro atoms. The number of carbonyl (C=O) groups is 1. The van der Waals surface area contributed by atoms with Crippen molar-refractivity contribution >= 4 is 5.91 Å². The topological polar surface area (TPSA) is 54.3 Å². The second-order valence-electron chi connectivity index (χ2n) is 6.15. The first-order chi connectivity index (χ1) is 11.1. The fourth-order valence-corrected chi connectivity index (χ4v) is 3.51. The second-order valence-corrected chi connectivity index (χ2v) is 6.15. The van der Waals surface area contributed by atoms with Crippen molar-refractivity contribution in [1.29, 1.82) is 0 Å². The van der Waals surface area contributed by atoms with E-state index in [1.807, 2.05) is 0 Å². The summed E-state index contributed by atoms with van der Waals surface area (Å²) in [6, 6.07) is 6.99. The molecule has 0 aliphatic carbocycles. The first kappa shape index (κ1) is 14.4. The molecular weight excluding hydrogens is 302 g/mol. The number of amides is 1. The fraction of sp³-hybridized carbons (Fsp3) is 0.353. The number of fused-ring (bicyclic) bond motifs is 2. The van der Waals surface area contributed by atoms with Crippen LogP contribution < -0.4 is 10.6 Å². The third kappa shape index (κ3) is 2.63. The van der Waals surface area contributed by atoms with Crippen LogP contribution in [0.4, 0.5) is 8.78 Å². The van der Waals surface area contributed by atoms with E-state index in [-0.39, 0.29) is 29.0 Å². The Hall–Kier alpha value is -2.21. The molecule has 120 valence electrons. The van der Waals surface area contributed by atoms with E-state index in [1.54, 1.807) is 0 Å². The number of hydrogen-bond donors (Lipinski definition) is 2. The lowest BCUT2D eigenvalue weighted by Crippen LogP contribution is -2.42. The van der Waals surface area contributed by atoms with Gasteiger partial charge < -0.3 is 15.1 Å². The molecule has 1 amide bonds. The highest BCUT2D eigenvalue weighted by molar-refractivity contribution is 5.92. The number of nitrogens with one attached hydrogen (secondary N) is 2. The van der Waals surface area contributed by atoms with Crippen molar-refractivity contribution in [3.63, 3.8) is 0 Å². The van der Waals surface area contributed by atoms with Crippen LogP contribution >= 0.6 is 0 Å². The predicted octanol–water partition coefficient (Wildman–Crippen LogP) is 2.85. The molecule has 23 heavy (non-hydrogen) atoms. The molecule has 2 aliphatic rings. The summed E-state index contributed by atoms with van der Waals surface area (Å²) >= 11 is 0. The highest BCUT2D eigenvalue weighted by atomic mass is 19.1. The lowest BCUT2D eigenvalue weighted by Gasteiger charge is -2.20. The molecule has 4 rings (SSSR count). The van der Waals surface area contributed by atoms with Crippen molar-refractivity contribution in [1.82, 2.24) is 10.6 Å². The van der Waals surface area contributed by atoms with Crippen LogP contribution in [0.3, 0.4) is 0 Å². The Balaban J connectivity index is 1.51. The van der Waals surface area contributed by atoms with Gasteiger partial charge in [0, 0.05) is 18.1 Å². The smallest absolute Gasteiger partial charge is 0.287 e. The standard InChI is InChI=1S/C17H16F2N2O2/c18-9-1-3-12(19)11(7-9)15-5-6-16(23-15)17(22)21-14-8-10-2-4-13(14)20-10/h1,3,5-7,10,13-14,20H,2,4,8H2,(H,21,22). The van der Waals surface area contributed by atoms with Crippen molar-refractivity contribution in [3.8, 4) is 11.3 Å². The van der Waals surface area contributed by atoms with E-state index in [0.29, 0.717) is 12.1 Å². The number of carbonyl (C=O) groups excluding carboxylic acids is 1. The van der Waals surface area contributed by atoms with Gasteiger partial charge in [0.05, 0.1) is 5.56 Å². The molecular formula is C17H16F2N2O2. The van der Waals surface area contributed by atoms with Gasteiger partial charge in [0.25, 0.3) is 5.91 Å². The molecule has 2 aromatic rings. The first-order valence-electron chi connectivity index (χ1n) is 7.72. The Morgan fingerprint density at radius 3 is 2.83 bits per heavy atom. The monoisotopic (exact) mass is 318 g/mol. The summed E-state index contributed by atoms with van der Waals surface area (Å²) in [6.07, 6.45) is 3.14. The van der Waals surface area contributed by atoms with Crippen LogP contribution in [0.5, 0.6) is 0 Å². The average molecular weight is 318 g/mol. The molecule has 1 aromatic carbocycles. The van der Waals surface area contributed by atoms with E-state index in [0.717, 1.165) is 37.5 Å². The van der Waals surface area contributed by atoms with Crippen LogP contribution in [0.2, 0.25) is 0 Å². The third-order valence-corrected chi connectivity index (χ3v) is 4.64. The fourth-order valence-electron chi connectivity index (χ4n) is 3.51. The quantitative estimate of drug-likeness (QED) is 0.915. The van der Waals surface area contributed by atoms with Gasteiger partial charge >= 0.3 is 0 Å². The maximum Gasteiger partial charge on any atom is 0.287 e. The SMILES string of the molecule is O=C(NC1CC2CCC1N2)c1ccc(-c2cc(F)ccc2F)o1. The number of benzene rings is 1. The molecule has 0 saturated carbocycles. The third-order valence-electron chi connectivity index (χ3n) is 4.64. The van der Waals surface area contributed by atoms with Gasteiger partial charge in [-0.1, -0.05) is 0 Å². The zero-order valence-corrected chi connectivity index (χ0v) is 12.3. The minimum absolute atomic E-state index is 0.00522. The summed E-state index contributed by atoms with van der Waals surface area (Å²) < 4.78 is 32.4. The summed E-state index contributed by atoms with van der Waals surface area (Å²) in [5, 5.41) is 6.40. The van der Waals surface area contributed by atoms with E-state index in [2.05, 4.69) is 10.6 Å². The minimum Gasteiger partial charge on any atom is -0.451 e. The summed E-state index contributed by atoms with van der Waals surface area (Å²) in [7, 11) is 0. The number of furan rings is 1. The Labute approximate surface area is 131 Å². The Kier molecular flexibility index (Phi) is 3.41. The Bertz CT molecular complexity index is 759. The molecule has 3 heterocycles. The zero-order chi connectivity index (χ0) is 16.0. The van der Waals surface area contributed by atoms with Gasteiger partial charge in [0.2, 0.25) is 0 Å². The van der Waals surface area contributed by atoms with Gasteiger partial charge in [0.1, 0.15) is 17.4 Å². The van der Waals surface area contributed by atoms with Gasteiger partial charge in [-0.05, 0) is 49.6 Å². The van der Waals surface area contributed by atoms with Crippen molar-refractivity contribution in [2.75, 3.05) is 0 Å². The van der Waals surface area contributed by atoms with Crippen molar-refractivity contribution in [2.45, 2.75) is 37.4 Å². The maximum absolute atomic E-state index is 13.8. The molecule has 2 bridgehead atoms. The van der Waals surface area contributed by atoms with E-state index in [4.69, 9.17) is 4.42 Å². The maximum atomic E-state index is 13.8. The van der Waals surface area contributed by atoms with E-state index in [1.165, 1.54) is 12.1 Å². The van der Waals surface area contributed by atoms with Crippen molar-refractivity contribution in [3.05, 3.63) is 47.7 Å². The lowest BCUT2D eigenvalue weighted by atomic mass is 9.95. The van der Waals surface area contributed by atoms with Crippen LogP contribution in [0, 0.1) is 11.6 Å². The summed E-state index contributed by atoms with van der Waals surface area (Å²) in [5.74, 6) is -1.24. The highest BCUT2D eigenvalue weighted by Gasteiger charge is 2.39. The first-order valence-corrected chi connectivity index (χ1v) is 7.72. The Morgan fingerprint density at radius 2 is 2.09 bits per heavy atom. The van der Waals surface area contributed by atoms with Crippen LogP contribution in [0.15, 0.2) is 34.7 Å². The molecule has 2 saturated heterocycles. The number of halogens is 2. The molecule has 2 N–H and O–H groups in total. The summed E-state index contributed by atoms with van der Waals surface area (Å²) in [5.41, 5.74) is 0.00522. The zero-order valence-electron chi connectivity index (χ0n) is 12.3. The molecule has 3 unspecified atom stereocenters. The number of hydrogen-bond acceptors (Lipinski definition) is 3. The largest absolute Gasteiger partial charge is 0.451 e. The van der Waals surface area contributed by atoms with Crippen LogP contribution in [-0.2, 0) is 0 Å². The van der Waals surface area contributed by atoms with Gasteiger partial charge in [-0.2, -0.15) is 0 Å². The van der Waals surface area contributed by atoms with Gasteiger partial charge in [-0.3, -0.25) is 4.79 Å². The molecule has 0 radical (unpaired) electrons. The van der Waals surface area contributed by atoms with Crippen molar-refractivity contribution in [2.24, 2.45) is 0 Å². The molecule has 3 atom stereocenters. The normalized spacial score (nSPS) is 25.7. The summed E-state index contributed by atoms with van der Waals surface area (Å²) in [4.78, 5) is 12.3.